The maximum atomic E-state index is 11.4. The second kappa shape index (κ2) is 6.21. The summed E-state index contributed by atoms with van der Waals surface area (Å²) in [5.74, 6) is -0.136. The van der Waals surface area contributed by atoms with Gasteiger partial charge in [-0.2, -0.15) is 0 Å². The van der Waals surface area contributed by atoms with E-state index in [0.717, 1.165) is 18.2 Å². The van der Waals surface area contributed by atoms with Gasteiger partial charge in [-0.1, -0.05) is 0 Å². The van der Waals surface area contributed by atoms with Crippen LogP contribution in [0.2, 0.25) is 0 Å². The van der Waals surface area contributed by atoms with Gasteiger partial charge in [-0.05, 0) is 32.9 Å². The summed E-state index contributed by atoms with van der Waals surface area (Å²) in [7, 11) is 3.52. The minimum absolute atomic E-state index is 0.290. The predicted molar refractivity (Wildman–Crippen MR) is 72.0 cm³/mol. The van der Waals surface area contributed by atoms with Crippen molar-refractivity contribution < 1.29 is 13.9 Å². The lowest BCUT2D eigenvalue weighted by Gasteiger charge is -2.24. The number of carbonyl (C=O) groups is 1. The first-order valence-electron chi connectivity index (χ1n) is 6.70. The number of esters is 1. The summed E-state index contributed by atoms with van der Waals surface area (Å²) < 4.78 is 9.82. The van der Waals surface area contributed by atoms with Crippen molar-refractivity contribution in [3.05, 3.63) is 23.7 Å². The summed E-state index contributed by atoms with van der Waals surface area (Å²) in [6.45, 7) is 3.71. The molecule has 1 aromatic rings. The molecule has 1 fully saturated rings. The molecular weight excluding hydrogens is 244 g/mol. The smallest absolute Gasteiger partial charge is 0.374 e. The van der Waals surface area contributed by atoms with Crippen molar-refractivity contribution in [2.45, 2.75) is 38.4 Å². The number of hydrogen-bond donors (Lipinski definition) is 1. The van der Waals surface area contributed by atoms with E-state index in [-0.39, 0.29) is 0 Å². The molecule has 0 amide bonds. The molecule has 1 aromatic heterocycles. The SMILES string of the molecule is COC(=O)c1occc1CNCC(C)N(C)C1CC1. The summed E-state index contributed by atoms with van der Waals surface area (Å²) in [5.41, 5.74) is 0.841. The van der Waals surface area contributed by atoms with Crippen LogP contribution in [0.15, 0.2) is 16.7 Å². The van der Waals surface area contributed by atoms with Crippen LogP contribution in [-0.4, -0.2) is 43.7 Å². The zero-order valence-electron chi connectivity index (χ0n) is 11.8. The van der Waals surface area contributed by atoms with Crippen molar-refractivity contribution in [2.75, 3.05) is 20.7 Å². The molecule has 1 atom stereocenters. The number of rotatable bonds is 7. The molecule has 0 aromatic carbocycles. The maximum absolute atomic E-state index is 11.4. The third-order valence-electron chi connectivity index (χ3n) is 3.69. The average Bonchev–Trinajstić information content (AvgIpc) is 3.16. The monoisotopic (exact) mass is 266 g/mol. The Labute approximate surface area is 113 Å². The number of likely N-dealkylation sites (N-methyl/N-ethyl adjacent to an activating group) is 1. The Morgan fingerprint density at radius 1 is 1.63 bits per heavy atom. The average molecular weight is 266 g/mol. The molecular formula is C14H22N2O3. The lowest BCUT2D eigenvalue weighted by Crippen LogP contribution is -2.39. The highest BCUT2D eigenvalue weighted by molar-refractivity contribution is 5.87. The van der Waals surface area contributed by atoms with Crippen molar-refractivity contribution in [1.29, 1.82) is 0 Å². The fourth-order valence-electron chi connectivity index (χ4n) is 2.15. The van der Waals surface area contributed by atoms with E-state index in [2.05, 4.69) is 28.9 Å². The molecule has 1 N–H and O–H groups in total. The Hall–Kier alpha value is -1.33. The van der Waals surface area contributed by atoms with Gasteiger partial charge in [0.1, 0.15) is 0 Å². The number of nitrogens with one attached hydrogen (secondary N) is 1. The highest BCUT2D eigenvalue weighted by Gasteiger charge is 2.28. The van der Waals surface area contributed by atoms with Crippen molar-refractivity contribution >= 4 is 5.97 Å². The zero-order valence-corrected chi connectivity index (χ0v) is 11.8. The molecule has 0 aliphatic heterocycles. The van der Waals surface area contributed by atoms with Crippen molar-refractivity contribution in [1.82, 2.24) is 10.2 Å². The highest BCUT2D eigenvalue weighted by atomic mass is 16.5. The second-order valence-electron chi connectivity index (χ2n) is 5.14. The molecule has 1 saturated carbocycles. The van der Waals surface area contributed by atoms with Crippen LogP contribution >= 0.6 is 0 Å². The number of nitrogens with zero attached hydrogens (tertiary/aromatic N) is 1. The van der Waals surface area contributed by atoms with Crippen LogP contribution in [0.3, 0.4) is 0 Å². The number of ether oxygens (including phenoxy) is 1. The van der Waals surface area contributed by atoms with Gasteiger partial charge in [-0.15, -0.1) is 0 Å². The lowest BCUT2D eigenvalue weighted by molar-refractivity contribution is 0.0563. The first-order valence-corrected chi connectivity index (χ1v) is 6.70. The lowest BCUT2D eigenvalue weighted by atomic mass is 10.2. The second-order valence-corrected chi connectivity index (χ2v) is 5.14. The molecule has 1 heterocycles. The molecule has 5 nitrogen and oxygen atoms in total. The standard InChI is InChI=1S/C14H22N2O3/c1-10(16(2)12-4-5-12)8-15-9-11-6-7-19-13(11)14(17)18-3/h6-7,10,12,15H,4-5,8-9H2,1-3H3. The molecule has 5 heteroatoms. The van der Waals surface area contributed by atoms with Gasteiger partial charge in [-0.3, -0.25) is 4.90 Å². The normalized spacial score (nSPS) is 16.6. The van der Waals surface area contributed by atoms with E-state index in [4.69, 9.17) is 4.42 Å². The third-order valence-corrected chi connectivity index (χ3v) is 3.69. The summed E-state index contributed by atoms with van der Waals surface area (Å²) in [5, 5.41) is 3.36. The summed E-state index contributed by atoms with van der Waals surface area (Å²) in [6.07, 6.45) is 4.15. The molecule has 0 saturated heterocycles. The van der Waals surface area contributed by atoms with Crippen LogP contribution in [0.4, 0.5) is 0 Å². The van der Waals surface area contributed by atoms with Gasteiger partial charge in [0.05, 0.1) is 13.4 Å². The van der Waals surface area contributed by atoms with E-state index in [1.54, 1.807) is 6.07 Å². The van der Waals surface area contributed by atoms with Gasteiger partial charge in [0.25, 0.3) is 0 Å². The first-order chi connectivity index (χ1) is 9.13. The molecule has 1 unspecified atom stereocenters. The number of furan rings is 1. The molecule has 0 bridgehead atoms. The first kappa shape index (κ1) is 14.1. The van der Waals surface area contributed by atoms with Crippen LogP contribution in [0, 0.1) is 0 Å². The van der Waals surface area contributed by atoms with Gasteiger partial charge >= 0.3 is 5.97 Å². The van der Waals surface area contributed by atoms with Crippen molar-refractivity contribution in [3.8, 4) is 0 Å². The van der Waals surface area contributed by atoms with Crippen molar-refractivity contribution in [3.63, 3.8) is 0 Å². The van der Waals surface area contributed by atoms with E-state index in [1.807, 2.05) is 0 Å². The molecule has 0 radical (unpaired) electrons. The third kappa shape index (κ3) is 3.58. The Morgan fingerprint density at radius 2 is 2.37 bits per heavy atom. The fourth-order valence-corrected chi connectivity index (χ4v) is 2.15. The highest BCUT2D eigenvalue weighted by Crippen LogP contribution is 2.26. The van der Waals surface area contributed by atoms with Crippen LogP contribution < -0.4 is 5.32 Å². The van der Waals surface area contributed by atoms with E-state index in [1.165, 1.54) is 26.2 Å². The van der Waals surface area contributed by atoms with Gasteiger partial charge in [-0.25, -0.2) is 4.79 Å². The van der Waals surface area contributed by atoms with E-state index in [0.29, 0.717) is 18.3 Å². The van der Waals surface area contributed by atoms with E-state index < -0.39 is 5.97 Å². The molecule has 1 aliphatic carbocycles. The van der Waals surface area contributed by atoms with Crippen LogP contribution in [0.25, 0.3) is 0 Å². The number of carbonyl (C=O) groups excluding carboxylic acids is 1. The van der Waals surface area contributed by atoms with Gasteiger partial charge in [0, 0.05) is 30.7 Å². The predicted octanol–water partition coefficient (Wildman–Crippen LogP) is 1.64. The Balaban J connectivity index is 1.79. The van der Waals surface area contributed by atoms with Gasteiger partial charge < -0.3 is 14.5 Å². The minimum atomic E-state index is -0.426. The number of hydrogen-bond acceptors (Lipinski definition) is 5. The molecule has 0 spiro atoms. The topological polar surface area (TPSA) is 54.7 Å². The van der Waals surface area contributed by atoms with Crippen molar-refractivity contribution in [2.24, 2.45) is 0 Å². The van der Waals surface area contributed by atoms with Crippen LogP contribution in [0.5, 0.6) is 0 Å². The number of methoxy groups -OCH3 is 1. The molecule has 2 rings (SSSR count). The quantitative estimate of drug-likeness (QED) is 0.760. The summed E-state index contributed by atoms with van der Waals surface area (Å²) >= 11 is 0. The van der Waals surface area contributed by atoms with E-state index >= 15 is 0 Å². The summed E-state index contributed by atoms with van der Waals surface area (Å²) in [6, 6.07) is 3.05. The zero-order chi connectivity index (χ0) is 13.8. The van der Waals surface area contributed by atoms with Crippen LogP contribution in [-0.2, 0) is 11.3 Å². The Kier molecular flexibility index (Phi) is 4.61. The molecule has 1 aliphatic rings. The van der Waals surface area contributed by atoms with Gasteiger partial charge in [0.15, 0.2) is 0 Å². The maximum Gasteiger partial charge on any atom is 0.374 e. The Morgan fingerprint density at radius 3 is 3.00 bits per heavy atom. The molecule has 106 valence electrons. The fraction of sp³-hybridized carbons (Fsp3) is 0.643. The largest absolute Gasteiger partial charge is 0.463 e. The van der Waals surface area contributed by atoms with E-state index in [9.17, 15) is 4.79 Å². The minimum Gasteiger partial charge on any atom is -0.463 e. The van der Waals surface area contributed by atoms with Crippen LogP contribution in [0.1, 0.15) is 35.9 Å². The van der Waals surface area contributed by atoms with Gasteiger partial charge in [0.2, 0.25) is 5.76 Å². The molecule has 19 heavy (non-hydrogen) atoms. The Bertz CT molecular complexity index is 426. The summed E-state index contributed by atoms with van der Waals surface area (Å²) in [4.78, 5) is 13.9.